The molecular formula is C13H22ClN3. The van der Waals surface area contributed by atoms with Crippen LogP contribution >= 0.6 is 11.6 Å². The van der Waals surface area contributed by atoms with Crippen molar-refractivity contribution in [2.75, 3.05) is 13.1 Å². The summed E-state index contributed by atoms with van der Waals surface area (Å²) in [5.41, 5.74) is 2.25. The van der Waals surface area contributed by atoms with E-state index in [9.17, 15) is 0 Å². The fraction of sp³-hybridized carbons (Fsp3) is 0.769. The number of hydrogen-bond acceptors (Lipinski definition) is 2. The second kappa shape index (κ2) is 5.40. The summed E-state index contributed by atoms with van der Waals surface area (Å²) < 4.78 is 1.77. The number of halogens is 1. The van der Waals surface area contributed by atoms with Gasteiger partial charge in [-0.1, -0.05) is 24.9 Å². The van der Waals surface area contributed by atoms with Crippen molar-refractivity contribution in [1.29, 1.82) is 0 Å². The van der Waals surface area contributed by atoms with Gasteiger partial charge in [-0.2, -0.15) is 5.10 Å². The predicted octanol–water partition coefficient (Wildman–Crippen LogP) is 3.00. The molecule has 17 heavy (non-hydrogen) atoms. The minimum Gasteiger partial charge on any atom is -0.299 e. The molecule has 0 bridgehead atoms. The fourth-order valence-electron chi connectivity index (χ4n) is 2.42. The molecule has 4 heteroatoms. The summed E-state index contributed by atoms with van der Waals surface area (Å²) in [4.78, 5) is 2.49. The van der Waals surface area contributed by atoms with E-state index in [1.54, 1.807) is 4.68 Å². The first kappa shape index (κ1) is 12.9. The molecule has 0 radical (unpaired) electrons. The van der Waals surface area contributed by atoms with E-state index in [1.807, 2.05) is 14.0 Å². The van der Waals surface area contributed by atoms with Crippen molar-refractivity contribution in [3.8, 4) is 0 Å². The summed E-state index contributed by atoms with van der Waals surface area (Å²) in [6, 6.07) is 0. The van der Waals surface area contributed by atoms with Gasteiger partial charge in [0.2, 0.25) is 0 Å². The van der Waals surface area contributed by atoms with Gasteiger partial charge in [0.1, 0.15) is 5.15 Å². The molecule has 1 aromatic heterocycles. The molecule has 1 aliphatic rings. The molecule has 1 saturated carbocycles. The maximum absolute atomic E-state index is 6.27. The summed E-state index contributed by atoms with van der Waals surface area (Å²) in [5, 5.41) is 5.16. The molecule has 1 aliphatic carbocycles. The Morgan fingerprint density at radius 1 is 1.47 bits per heavy atom. The average Bonchev–Trinajstić information content (AvgIpc) is 2.47. The highest BCUT2D eigenvalue weighted by molar-refractivity contribution is 6.30. The van der Waals surface area contributed by atoms with Crippen LogP contribution in [0.2, 0.25) is 5.15 Å². The van der Waals surface area contributed by atoms with E-state index in [4.69, 9.17) is 11.6 Å². The molecule has 0 aliphatic heterocycles. The van der Waals surface area contributed by atoms with E-state index in [1.165, 1.54) is 31.4 Å². The molecule has 0 aromatic carbocycles. The van der Waals surface area contributed by atoms with Gasteiger partial charge in [0, 0.05) is 25.7 Å². The van der Waals surface area contributed by atoms with Crippen molar-refractivity contribution in [3.05, 3.63) is 16.4 Å². The first-order valence-electron chi connectivity index (χ1n) is 6.52. The first-order chi connectivity index (χ1) is 8.11. The summed E-state index contributed by atoms with van der Waals surface area (Å²) in [7, 11) is 1.90. The van der Waals surface area contributed by atoms with Crippen LogP contribution in [-0.4, -0.2) is 27.8 Å². The van der Waals surface area contributed by atoms with Crippen molar-refractivity contribution < 1.29 is 0 Å². The zero-order valence-corrected chi connectivity index (χ0v) is 11.8. The lowest BCUT2D eigenvalue weighted by Gasteiger charge is -2.31. The Morgan fingerprint density at radius 2 is 2.18 bits per heavy atom. The van der Waals surface area contributed by atoms with Gasteiger partial charge in [-0.3, -0.25) is 9.58 Å². The van der Waals surface area contributed by atoms with Crippen molar-refractivity contribution in [1.82, 2.24) is 14.7 Å². The summed E-state index contributed by atoms with van der Waals surface area (Å²) >= 11 is 6.27. The van der Waals surface area contributed by atoms with Gasteiger partial charge in [0.25, 0.3) is 0 Å². The summed E-state index contributed by atoms with van der Waals surface area (Å²) in [6.07, 6.45) is 4.21. The second-order valence-electron chi connectivity index (χ2n) is 5.10. The molecule has 0 unspecified atom stereocenters. The molecule has 3 nitrogen and oxygen atoms in total. The number of aromatic nitrogens is 2. The lowest BCUT2D eigenvalue weighted by atomic mass is 9.85. The SMILES string of the molecule is CCN(Cc1c(C)nn(C)c1Cl)CC1CCC1. The molecule has 1 aromatic rings. The van der Waals surface area contributed by atoms with Gasteiger partial charge in [-0.05, 0) is 32.2 Å². The molecule has 0 amide bonds. The lowest BCUT2D eigenvalue weighted by molar-refractivity contribution is 0.178. The highest BCUT2D eigenvalue weighted by atomic mass is 35.5. The van der Waals surface area contributed by atoms with Gasteiger partial charge in [0.15, 0.2) is 0 Å². The fourth-order valence-corrected chi connectivity index (χ4v) is 2.66. The lowest BCUT2D eigenvalue weighted by Crippen LogP contribution is -2.32. The zero-order chi connectivity index (χ0) is 12.4. The predicted molar refractivity (Wildman–Crippen MR) is 71.2 cm³/mol. The van der Waals surface area contributed by atoms with Crippen molar-refractivity contribution >= 4 is 11.6 Å². The van der Waals surface area contributed by atoms with Crippen LogP contribution in [-0.2, 0) is 13.6 Å². The Balaban J connectivity index is 2.01. The van der Waals surface area contributed by atoms with Crippen LogP contribution in [0.15, 0.2) is 0 Å². The van der Waals surface area contributed by atoms with Crippen molar-refractivity contribution in [3.63, 3.8) is 0 Å². The largest absolute Gasteiger partial charge is 0.299 e. The van der Waals surface area contributed by atoms with Crippen LogP contribution in [0, 0.1) is 12.8 Å². The topological polar surface area (TPSA) is 21.1 Å². The molecule has 0 saturated heterocycles. The Kier molecular flexibility index (Phi) is 4.10. The molecule has 0 spiro atoms. The normalized spacial score (nSPS) is 16.5. The highest BCUT2D eigenvalue weighted by Gasteiger charge is 2.21. The van der Waals surface area contributed by atoms with Crippen molar-refractivity contribution in [2.24, 2.45) is 13.0 Å². The molecule has 1 heterocycles. The van der Waals surface area contributed by atoms with E-state index in [0.717, 1.165) is 29.9 Å². The molecule has 1 fully saturated rings. The number of hydrogen-bond donors (Lipinski definition) is 0. The quantitative estimate of drug-likeness (QED) is 0.807. The van der Waals surface area contributed by atoms with Crippen LogP contribution in [0.5, 0.6) is 0 Å². The van der Waals surface area contributed by atoms with E-state index in [-0.39, 0.29) is 0 Å². The Morgan fingerprint density at radius 3 is 2.59 bits per heavy atom. The van der Waals surface area contributed by atoms with Gasteiger partial charge in [0.05, 0.1) is 5.69 Å². The van der Waals surface area contributed by atoms with Gasteiger partial charge >= 0.3 is 0 Å². The third-order valence-electron chi connectivity index (χ3n) is 3.84. The van der Waals surface area contributed by atoms with Crippen LogP contribution in [0.3, 0.4) is 0 Å². The number of aryl methyl sites for hydroxylation is 2. The monoisotopic (exact) mass is 255 g/mol. The van der Waals surface area contributed by atoms with Gasteiger partial charge in [-0.25, -0.2) is 0 Å². The van der Waals surface area contributed by atoms with Gasteiger partial charge < -0.3 is 0 Å². The van der Waals surface area contributed by atoms with E-state index in [0.29, 0.717) is 0 Å². The Labute approximate surface area is 109 Å². The van der Waals surface area contributed by atoms with Crippen LogP contribution in [0.4, 0.5) is 0 Å². The standard InChI is InChI=1S/C13H22ClN3/c1-4-17(8-11-6-5-7-11)9-12-10(2)15-16(3)13(12)14/h11H,4-9H2,1-3H3. The van der Waals surface area contributed by atoms with E-state index < -0.39 is 0 Å². The summed E-state index contributed by atoms with van der Waals surface area (Å²) in [6.45, 7) is 7.49. The van der Waals surface area contributed by atoms with Crippen LogP contribution < -0.4 is 0 Å². The number of nitrogens with zero attached hydrogens (tertiary/aromatic N) is 3. The smallest absolute Gasteiger partial charge is 0.131 e. The van der Waals surface area contributed by atoms with Gasteiger partial charge in [-0.15, -0.1) is 0 Å². The minimum atomic E-state index is 0.787. The van der Waals surface area contributed by atoms with Crippen molar-refractivity contribution in [2.45, 2.75) is 39.7 Å². The average molecular weight is 256 g/mol. The number of rotatable bonds is 5. The molecule has 96 valence electrons. The maximum atomic E-state index is 6.27. The Bertz CT molecular complexity index is 382. The molecule has 0 atom stereocenters. The second-order valence-corrected chi connectivity index (χ2v) is 5.46. The maximum Gasteiger partial charge on any atom is 0.131 e. The first-order valence-corrected chi connectivity index (χ1v) is 6.90. The third kappa shape index (κ3) is 2.83. The van der Waals surface area contributed by atoms with Crippen LogP contribution in [0.25, 0.3) is 0 Å². The molecule has 0 N–H and O–H groups in total. The van der Waals surface area contributed by atoms with E-state index in [2.05, 4.69) is 16.9 Å². The molecular weight excluding hydrogens is 234 g/mol. The highest BCUT2D eigenvalue weighted by Crippen LogP contribution is 2.28. The van der Waals surface area contributed by atoms with Crippen LogP contribution in [0.1, 0.15) is 37.4 Å². The minimum absolute atomic E-state index is 0.787. The molecule has 2 rings (SSSR count). The Hall–Kier alpha value is -0.540. The third-order valence-corrected chi connectivity index (χ3v) is 4.31. The van der Waals surface area contributed by atoms with E-state index >= 15 is 0 Å². The summed E-state index contributed by atoms with van der Waals surface area (Å²) in [5.74, 6) is 0.908. The zero-order valence-electron chi connectivity index (χ0n) is 11.0.